The van der Waals surface area contributed by atoms with Gasteiger partial charge >= 0.3 is 0 Å². The summed E-state index contributed by atoms with van der Waals surface area (Å²) in [4.78, 5) is 14.8. The first-order valence-electron chi connectivity index (χ1n) is 6.17. The minimum atomic E-state index is 0.404. The van der Waals surface area contributed by atoms with Crippen molar-refractivity contribution in [1.29, 1.82) is 0 Å². The number of ether oxygens (including phenoxy) is 2. The number of aromatic nitrogens is 1. The van der Waals surface area contributed by atoms with Crippen molar-refractivity contribution >= 4 is 22.2 Å². The SMILES string of the molecule is CCOc1cc(C=O)cc(Br)c1OCc1ccncc1. The zero-order valence-corrected chi connectivity index (χ0v) is 12.6. The molecule has 0 atom stereocenters. The van der Waals surface area contributed by atoms with Crippen LogP contribution in [0.3, 0.4) is 0 Å². The fourth-order valence-electron chi connectivity index (χ4n) is 1.69. The summed E-state index contributed by atoms with van der Waals surface area (Å²) in [5, 5.41) is 0. The minimum Gasteiger partial charge on any atom is -0.490 e. The van der Waals surface area contributed by atoms with Crippen molar-refractivity contribution in [3.63, 3.8) is 0 Å². The lowest BCUT2D eigenvalue weighted by atomic mass is 10.2. The molecule has 0 amide bonds. The summed E-state index contributed by atoms with van der Waals surface area (Å²) in [6.07, 6.45) is 4.21. The van der Waals surface area contributed by atoms with Gasteiger partial charge in [0.2, 0.25) is 0 Å². The van der Waals surface area contributed by atoms with Crippen LogP contribution >= 0.6 is 15.9 Å². The fraction of sp³-hybridized carbons (Fsp3) is 0.200. The summed E-state index contributed by atoms with van der Waals surface area (Å²) in [6, 6.07) is 7.14. The van der Waals surface area contributed by atoms with E-state index in [1.807, 2.05) is 19.1 Å². The van der Waals surface area contributed by atoms with Crippen molar-refractivity contribution in [2.45, 2.75) is 13.5 Å². The van der Waals surface area contributed by atoms with E-state index >= 15 is 0 Å². The van der Waals surface area contributed by atoms with Crippen LogP contribution in [0.25, 0.3) is 0 Å². The predicted molar refractivity (Wildman–Crippen MR) is 79.3 cm³/mol. The average molecular weight is 336 g/mol. The highest BCUT2D eigenvalue weighted by Crippen LogP contribution is 2.37. The van der Waals surface area contributed by atoms with Crippen molar-refractivity contribution in [2.24, 2.45) is 0 Å². The number of rotatable bonds is 6. The maximum Gasteiger partial charge on any atom is 0.175 e. The summed E-state index contributed by atoms with van der Waals surface area (Å²) < 4.78 is 12.0. The van der Waals surface area contributed by atoms with Crippen LogP contribution in [-0.4, -0.2) is 17.9 Å². The lowest BCUT2D eigenvalue weighted by molar-refractivity contribution is 0.112. The van der Waals surface area contributed by atoms with Crippen LogP contribution in [0, 0.1) is 0 Å². The van der Waals surface area contributed by atoms with Gasteiger partial charge in [0.25, 0.3) is 0 Å². The Labute approximate surface area is 125 Å². The van der Waals surface area contributed by atoms with E-state index in [2.05, 4.69) is 20.9 Å². The Morgan fingerprint density at radius 1 is 1.25 bits per heavy atom. The smallest absolute Gasteiger partial charge is 0.175 e. The molecule has 0 unspecified atom stereocenters. The topological polar surface area (TPSA) is 48.4 Å². The van der Waals surface area contributed by atoms with Gasteiger partial charge in [-0.2, -0.15) is 0 Å². The van der Waals surface area contributed by atoms with Crippen molar-refractivity contribution in [2.75, 3.05) is 6.61 Å². The number of aldehydes is 1. The molecule has 2 rings (SSSR count). The molecule has 0 aliphatic rings. The Hall–Kier alpha value is -1.88. The number of carbonyl (C=O) groups is 1. The molecule has 0 saturated carbocycles. The molecular weight excluding hydrogens is 322 g/mol. The first kappa shape index (κ1) is 14.5. The van der Waals surface area contributed by atoms with Gasteiger partial charge in [0.05, 0.1) is 11.1 Å². The van der Waals surface area contributed by atoms with E-state index in [1.54, 1.807) is 24.5 Å². The molecule has 0 radical (unpaired) electrons. The number of carbonyl (C=O) groups excluding carboxylic acids is 1. The molecule has 1 aromatic carbocycles. The predicted octanol–water partition coefficient (Wildman–Crippen LogP) is 3.63. The van der Waals surface area contributed by atoms with E-state index in [0.29, 0.717) is 34.7 Å². The van der Waals surface area contributed by atoms with Gasteiger partial charge in [-0.3, -0.25) is 9.78 Å². The van der Waals surface area contributed by atoms with Crippen LogP contribution < -0.4 is 9.47 Å². The monoisotopic (exact) mass is 335 g/mol. The average Bonchev–Trinajstić information content (AvgIpc) is 2.47. The Bertz CT molecular complexity index is 587. The van der Waals surface area contributed by atoms with Crippen LogP contribution in [0.2, 0.25) is 0 Å². The van der Waals surface area contributed by atoms with E-state index in [1.165, 1.54) is 0 Å². The third kappa shape index (κ3) is 3.57. The molecule has 0 N–H and O–H groups in total. The third-order valence-corrected chi connectivity index (χ3v) is 3.19. The molecule has 0 aliphatic carbocycles. The van der Waals surface area contributed by atoms with Crippen LogP contribution in [0.15, 0.2) is 41.1 Å². The number of pyridine rings is 1. The molecule has 0 saturated heterocycles. The van der Waals surface area contributed by atoms with Gasteiger partial charge in [0.1, 0.15) is 12.9 Å². The fourth-order valence-corrected chi connectivity index (χ4v) is 2.27. The number of nitrogens with zero attached hydrogens (tertiary/aromatic N) is 1. The lowest BCUT2D eigenvalue weighted by Crippen LogP contribution is -2.01. The molecule has 0 bridgehead atoms. The van der Waals surface area contributed by atoms with E-state index in [0.717, 1.165) is 11.8 Å². The van der Waals surface area contributed by atoms with Gasteiger partial charge in [-0.25, -0.2) is 0 Å². The normalized spacial score (nSPS) is 10.1. The van der Waals surface area contributed by atoms with Gasteiger partial charge < -0.3 is 9.47 Å². The van der Waals surface area contributed by atoms with Crippen LogP contribution in [0.5, 0.6) is 11.5 Å². The van der Waals surface area contributed by atoms with Crippen molar-refractivity contribution in [3.8, 4) is 11.5 Å². The molecular formula is C15H14BrNO3. The highest BCUT2D eigenvalue weighted by molar-refractivity contribution is 9.10. The molecule has 104 valence electrons. The molecule has 1 aromatic heterocycles. The summed E-state index contributed by atoms with van der Waals surface area (Å²) in [7, 11) is 0. The minimum absolute atomic E-state index is 0.404. The van der Waals surface area contributed by atoms with Crippen molar-refractivity contribution in [3.05, 3.63) is 52.3 Å². The molecule has 0 fully saturated rings. The zero-order valence-electron chi connectivity index (χ0n) is 11.0. The Kier molecular flexibility index (Phi) is 5.12. The second-order valence-corrected chi connectivity index (χ2v) is 4.88. The maximum absolute atomic E-state index is 10.9. The van der Waals surface area contributed by atoms with Gasteiger partial charge in [-0.1, -0.05) is 0 Å². The first-order valence-corrected chi connectivity index (χ1v) is 6.97. The molecule has 4 nitrogen and oxygen atoms in total. The van der Waals surface area contributed by atoms with Crippen LogP contribution in [0.1, 0.15) is 22.8 Å². The molecule has 20 heavy (non-hydrogen) atoms. The standard InChI is InChI=1S/C15H14BrNO3/c1-2-19-14-8-12(9-18)7-13(16)15(14)20-10-11-3-5-17-6-4-11/h3-9H,2,10H2,1H3. The van der Waals surface area contributed by atoms with Gasteiger partial charge in [0.15, 0.2) is 11.5 Å². The Balaban J connectivity index is 2.23. The van der Waals surface area contributed by atoms with E-state index < -0.39 is 0 Å². The maximum atomic E-state index is 10.9. The second kappa shape index (κ2) is 7.05. The highest BCUT2D eigenvalue weighted by atomic mass is 79.9. The van der Waals surface area contributed by atoms with Gasteiger partial charge in [-0.15, -0.1) is 0 Å². The summed E-state index contributed by atoms with van der Waals surface area (Å²) in [6.45, 7) is 2.79. The molecule has 2 aromatic rings. The number of halogens is 1. The summed E-state index contributed by atoms with van der Waals surface area (Å²) in [5.74, 6) is 1.15. The lowest BCUT2D eigenvalue weighted by Gasteiger charge is -2.14. The Morgan fingerprint density at radius 3 is 2.65 bits per heavy atom. The number of hydrogen-bond acceptors (Lipinski definition) is 4. The van der Waals surface area contributed by atoms with Gasteiger partial charge in [0, 0.05) is 18.0 Å². The highest BCUT2D eigenvalue weighted by Gasteiger charge is 2.12. The van der Waals surface area contributed by atoms with E-state index in [-0.39, 0.29) is 0 Å². The van der Waals surface area contributed by atoms with E-state index in [9.17, 15) is 4.79 Å². The van der Waals surface area contributed by atoms with Crippen LogP contribution in [0.4, 0.5) is 0 Å². The molecule has 5 heteroatoms. The molecule has 0 aliphatic heterocycles. The summed E-state index contributed by atoms with van der Waals surface area (Å²) >= 11 is 3.41. The quantitative estimate of drug-likeness (QED) is 0.756. The van der Waals surface area contributed by atoms with Gasteiger partial charge in [-0.05, 0) is 52.7 Å². The van der Waals surface area contributed by atoms with E-state index in [4.69, 9.17) is 9.47 Å². The first-order chi connectivity index (χ1) is 9.74. The summed E-state index contributed by atoms with van der Waals surface area (Å²) in [5.41, 5.74) is 1.55. The number of hydrogen-bond donors (Lipinski definition) is 0. The third-order valence-electron chi connectivity index (χ3n) is 2.60. The largest absolute Gasteiger partial charge is 0.490 e. The van der Waals surface area contributed by atoms with Crippen molar-refractivity contribution < 1.29 is 14.3 Å². The number of benzene rings is 1. The van der Waals surface area contributed by atoms with Crippen molar-refractivity contribution in [1.82, 2.24) is 4.98 Å². The zero-order chi connectivity index (χ0) is 14.4. The molecule has 1 heterocycles. The van der Waals surface area contributed by atoms with Crippen LogP contribution in [-0.2, 0) is 6.61 Å². The molecule has 0 spiro atoms. The Morgan fingerprint density at radius 2 is 2.00 bits per heavy atom. The second-order valence-electron chi connectivity index (χ2n) is 4.02.